The molecule has 1 aromatic carbocycles. The molecule has 1 saturated heterocycles. The van der Waals surface area contributed by atoms with E-state index in [1.807, 2.05) is 13.0 Å². The number of hydrogen-bond acceptors (Lipinski definition) is 3. The summed E-state index contributed by atoms with van der Waals surface area (Å²) in [6.07, 6.45) is 0.998. The molecular formula is C15H22FN3OS. The van der Waals surface area contributed by atoms with Gasteiger partial charge in [-0.3, -0.25) is 4.90 Å². The van der Waals surface area contributed by atoms with Gasteiger partial charge in [-0.05, 0) is 49.8 Å². The minimum absolute atomic E-state index is 0.285. The van der Waals surface area contributed by atoms with Crippen molar-refractivity contribution in [2.24, 2.45) is 0 Å². The third-order valence-corrected chi connectivity index (χ3v) is 3.66. The lowest BCUT2D eigenvalue weighted by Gasteiger charge is -2.26. The van der Waals surface area contributed by atoms with Gasteiger partial charge >= 0.3 is 0 Å². The summed E-state index contributed by atoms with van der Waals surface area (Å²) in [5.41, 5.74) is 1.30. The predicted molar refractivity (Wildman–Crippen MR) is 87.2 cm³/mol. The first-order valence-electron chi connectivity index (χ1n) is 7.26. The smallest absolute Gasteiger partial charge is 0.170 e. The van der Waals surface area contributed by atoms with Gasteiger partial charge in [0.05, 0.1) is 18.9 Å². The number of benzene rings is 1. The molecule has 6 heteroatoms. The number of nitrogens with one attached hydrogen (secondary N) is 2. The fourth-order valence-electron chi connectivity index (χ4n) is 2.22. The van der Waals surface area contributed by atoms with Crippen LogP contribution in [-0.2, 0) is 4.74 Å². The fourth-order valence-corrected chi connectivity index (χ4v) is 2.43. The van der Waals surface area contributed by atoms with Gasteiger partial charge in [-0.1, -0.05) is 6.07 Å². The molecule has 1 fully saturated rings. The summed E-state index contributed by atoms with van der Waals surface area (Å²) in [6, 6.07) is 5.04. The van der Waals surface area contributed by atoms with Gasteiger partial charge < -0.3 is 15.4 Å². The number of morpholine rings is 1. The van der Waals surface area contributed by atoms with Crippen molar-refractivity contribution in [3.8, 4) is 0 Å². The van der Waals surface area contributed by atoms with Gasteiger partial charge in [0.2, 0.25) is 0 Å². The number of ether oxygens (including phenoxy) is 1. The highest BCUT2D eigenvalue weighted by molar-refractivity contribution is 7.80. The maximum atomic E-state index is 13.7. The van der Waals surface area contributed by atoms with Crippen molar-refractivity contribution >= 4 is 23.0 Å². The Balaban J connectivity index is 1.65. The first-order valence-corrected chi connectivity index (χ1v) is 7.67. The predicted octanol–water partition coefficient (Wildman–Crippen LogP) is 2.14. The van der Waals surface area contributed by atoms with Crippen LogP contribution in [0.2, 0.25) is 0 Å². The van der Waals surface area contributed by atoms with Crippen LogP contribution in [0.3, 0.4) is 0 Å². The normalized spacial score (nSPS) is 15.7. The molecule has 0 aromatic heterocycles. The van der Waals surface area contributed by atoms with E-state index in [9.17, 15) is 4.39 Å². The Morgan fingerprint density at radius 3 is 2.86 bits per heavy atom. The Bertz CT molecular complexity index is 478. The molecule has 0 spiro atoms. The van der Waals surface area contributed by atoms with Crippen LogP contribution in [0.4, 0.5) is 10.1 Å². The van der Waals surface area contributed by atoms with Crippen molar-refractivity contribution < 1.29 is 9.13 Å². The molecule has 1 aromatic rings. The lowest BCUT2D eigenvalue weighted by molar-refractivity contribution is 0.0376. The number of hydrogen-bond donors (Lipinski definition) is 2. The van der Waals surface area contributed by atoms with E-state index in [-0.39, 0.29) is 5.82 Å². The van der Waals surface area contributed by atoms with Crippen LogP contribution in [-0.4, -0.2) is 49.4 Å². The van der Waals surface area contributed by atoms with E-state index in [0.717, 1.165) is 51.4 Å². The molecule has 1 heterocycles. The summed E-state index contributed by atoms with van der Waals surface area (Å²) in [4.78, 5) is 2.38. The minimum atomic E-state index is -0.285. The summed E-state index contributed by atoms with van der Waals surface area (Å²) in [6.45, 7) is 7.29. The second-order valence-electron chi connectivity index (χ2n) is 5.17. The molecule has 0 atom stereocenters. The monoisotopic (exact) mass is 311 g/mol. The minimum Gasteiger partial charge on any atom is -0.379 e. The molecule has 0 unspecified atom stereocenters. The molecule has 0 radical (unpaired) electrons. The van der Waals surface area contributed by atoms with E-state index in [4.69, 9.17) is 17.0 Å². The number of rotatable bonds is 5. The Morgan fingerprint density at radius 1 is 1.38 bits per heavy atom. The van der Waals surface area contributed by atoms with E-state index in [1.165, 1.54) is 6.07 Å². The highest BCUT2D eigenvalue weighted by atomic mass is 32.1. The second kappa shape index (κ2) is 8.26. The fraction of sp³-hybridized carbons (Fsp3) is 0.533. The van der Waals surface area contributed by atoms with E-state index < -0.39 is 0 Å². The molecule has 1 aliphatic rings. The number of anilines is 1. The largest absolute Gasteiger partial charge is 0.379 e. The summed E-state index contributed by atoms with van der Waals surface area (Å²) in [5.74, 6) is -0.285. The Hall–Kier alpha value is -1.24. The van der Waals surface area contributed by atoms with Crippen molar-refractivity contribution in [2.75, 3.05) is 44.7 Å². The van der Waals surface area contributed by atoms with Crippen LogP contribution >= 0.6 is 12.2 Å². The lowest BCUT2D eigenvalue weighted by Crippen LogP contribution is -2.38. The first kappa shape index (κ1) is 16.1. The molecule has 1 aliphatic heterocycles. The van der Waals surface area contributed by atoms with Crippen molar-refractivity contribution in [1.29, 1.82) is 0 Å². The zero-order chi connectivity index (χ0) is 15.1. The van der Waals surface area contributed by atoms with Crippen LogP contribution in [0.15, 0.2) is 18.2 Å². The Morgan fingerprint density at radius 2 is 2.14 bits per heavy atom. The van der Waals surface area contributed by atoms with Gasteiger partial charge in [-0.2, -0.15) is 0 Å². The van der Waals surface area contributed by atoms with Gasteiger partial charge in [-0.15, -0.1) is 0 Å². The van der Waals surface area contributed by atoms with Gasteiger partial charge in [0.15, 0.2) is 5.11 Å². The van der Waals surface area contributed by atoms with Gasteiger partial charge in [0.1, 0.15) is 5.82 Å². The highest BCUT2D eigenvalue weighted by Crippen LogP contribution is 2.14. The van der Waals surface area contributed by atoms with E-state index in [0.29, 0.717) is 10.8 Å². The highest BCUT2D eigenvalue weighted by Gasteiger charge is 2.09. The van der Waals surface area contributed by atoms with Crippen molar-refractivity contribution in [3.05, 3.63) is 29.6 Å². The zero-order valence-electron chi connectivity index (χ0n) is 12.3. The summed E-state index contributed by atoms with van der Waals surface area (Å²) >= 11 is 5.18. The molecule has 2 N–H and O–H groups in total. The number of nitrogens with zero attached hydrogens (tertiary/aromatic N) is 1. The summed E-state index contributed by atoms with van der Waals surface area (Å²) < 4.78 is 19.0. The van der Waals surface area contributed by atoms with Crippen molar-refractivity contribution in [3.63, 3.8) is 0 Å². The van der Waals surface area contributed by atoms with E-state index in [2.05, 4.69) is 15.5 Å². The van der Waals surface area contributed by atoms with Crippen LogP contribution in [0.1, 0.15) is 12.0 Å². The molecule has 0 bridgehead atoms. The molecule has 2 rings (SSSR count). The molecule has 0 aliphatic carbocycles. The standard InChI is InChI=1S/C15H22FN3OS/c1-12-3-4-14(13(16)11-12)18-15(21)17-5-2-6-19-7-9-20-10-8-19/h3-4,11H,2,5-10H2,1H3,(H2,17,18,21). The molecule has 0 amide bonds. The van der Waals surface area contributed by atoms with Crippen molar-refractivity contribution in [1.82, 2.24) is 10.2 Å². The maximum absolute atomic E-state index is 13.7. The van der Waals surface area contributed by atoms with Crippen LogP contribution in [0.25, 0.3) is 0 Å². The van der Waals surface area contributed by atoms with E-state index >= 15 is 0 Å². The average Bonchev–Trinajstić information content (AvgIpc) is 2.48. The average molecular weight is 311 g/mol. The zero-order valence-corrected chi connectivity index (χ0v) is 13.1. The van der Waals surface area contributed by atoms with Gasteiger partial charge in [0, 0.05) is 19.6 Å². The topological polar surface area (TPSA) is 36.5 Å². The SMILES string of the molecule is Cc1ccc(NC(=S)NCCCN2CCOCC2)c(F)c1. The molecule has 21 heavy (non-hydrogen) atoms. The van der Waals surface area contributed by atoms with Gasteiger partial charge in [-0.25, -0.2) is 4.39 Å². The molecular weight excluding hydrogens is 289 g/mol. The Labute approximate surface area is 130 Å². The molecule has 0 saturated carbocycles. The molecule has 4 nitrogen and oxygen atoms in total. The Kier molecular flexibility index (Phi) is 6.35. The van der Waals surface area contributed by atoms with Crippen molar-refractivity contribution in [2.45, 2.75) is 13.3 Å². The second-order valence-corrected chi connectivity index (χ2v) is 5.58. The third kappa shape index (κ3) is 5.57. The lowest BCUT2D eigenvalue weighted by atomic mass is 10.2. The molecule has 116 valence electrons. The maximum Gasteiger partial charge on any atom is 0.170 e. The summed E-state index contributed by atoms with van der Waals surface area (Å²) in [7, 11) is 0. The number of thiocarbonyl (C=S) groups is 1. The first-order chi connectivity index (χ1) is 10.1. The number of aryl methyl sites for hydroxylation is 1. The number of halogens is 1. The van der Waals surface area contributed by atoms with Gasteiger partial charge in [0.25, 0.3) is 0 Å². The van der Waals surface area contributed by atoms with E-state index in [1.54, 1.807) is 6.07 Å². The van der Waals surface area contributed by atoms with Crippen LogP contribution < -0.4 is 10.6 Å². The van der Waals surface area contributed by atoms with Crippen LogP contribution in [0, 0.1) is 12.7 Å². The quantitative estimate of drug-likeness (QED) is 0.644. The summed E-state index contributed by atoms with van der Waals surface area (Å²) in [5, 5.41) is 6.45. The third-order valence-electron chi connectivity index (χ3n) is 3.41. The van der Waals surface area contributed by atoms with Crippen LogP contribution in [0.5, 0.6) is 0 Å².